The van der Waals surface area contributed by atoms with Gasteiger partial charge in [0.15, 0.2) is 0 Å². The van der Waals surface area contributed by atoms with Crippen LogP contribution in [-0.2, 0) is 16.8 Å². The number of aromatic nitrogens is 1. The van der Waals surface area contributed by atoms with Gasteiger partial charge < -0.3 is 10.4 Å². The second kappa shape index (κ2) is 7.99. The highest BCUT2D eigenvalue weighted by molar-refractivity contribution is 5.93. The van der Waals surface area contributed by atoms with Gasteiger partial charge in [0.25, 0.3) is 0 Å². The van der Waals surface area contributed by atoms with Gasteiger partial charge in [0, 0.05) is 16.5 Å². The first-order chi connectivity index (χ1) is 14.5. The molecule has 1 aromatic heterocycles. The van der Waals surface area contributed by atoms with E-state index in [4.69, 9.17) is 0 Å². The lowest BCUT2D eigenvalue weighted by molar-refractivity contribution is -0.122. The zero-order chi connectivity index (χ0) is 21.1. The van der Waals surface area contributed by atoms with Crippen LogP contribution >= 0.6 is 0 Å². The van der Waals surface area contributed by atoms with Gasteiger partial charge in [-0.3, -0.25) is 4.79 Å². The Balaban J connectivity index is 1.71. The Hall–Kier alpha value is -3.66. The largest absolute Gasteiger partial charge is 0.505 e. The molecule has 0 saturated carbocycles. The molecular formula is C26H24N2O2. The van der Waals surface area contributed by atoms with Gasteiger partial charge in [-0.2, -0.15) is 0 Å². The number of benzene rings is 3. The molecule has 30 heavy (non-hydrogen) atoms. The van der Waals surface area contributed by atoms with E-state index < -0.39 is 5.54 Å². The number of nitrogens with zero attached hydrogens (tertiary/aromatic N) is 1. The molecule has 0 radical (unpaired) electrons. The van der Waals surface area contributed by atoms with Crippen molar-refractivity contribution in [3.05, 3.63) is 96.1 Å². The van der Waals surface area contributed by atoms with Crippen LogP contribution in [0.1, 0.15) is 25.0 Å². The van der Waals surface area contributed by atoms with Crippen LogP contribution in [0.3, 0.4) is 0 Å². The summed E-state index contributed by atoms with van der Waals surface area (Å²) >= 11 is 0. The number of pyridine rings is 1. The SMILES string of the molecule is CC(C)(NC(=O)Cc1c(O)c(-c2ccccc2)nc2ccccc12)c1ccccc1. The predicted octanol–water partition coefficient (Wildman–Crippen LogP) is 5.20. The fourth-order valence-corrected chi connectivity index (χ4v) is 3.73. The van der Waals surface area contributed by atoms with Crippen LogP contribution in [0.15, 0.2) is 84.9 Å². The first-order valence-electron chi connectivity index (χ1n) is 9.98. The van der Waals surface area contributed by atoms with E-state index in [0.29, 0.717) is 11.3 Å². The molecule has 4 nitrogen and oxygen atoms in total. The highest BCUT2D eigenvalue weighted by Gasteiger charge is 2.24. The Labute approximate surface area is 176 Å². The van der Waals surface area contributed by atoms with Crippen molar-refractivity contribution in [2.75, 3.05) is 0 Å². The van der Waals surface area contributed by atoms with Crippen molar-refractivity contribution in [3.63, 3.8) is 0 Å². The van der Waals surface area contributed by atoms with E-state index in [1.807, 2.05) is 98.8 Å². The van der Waals surface area contributed by atoms with Crippen LogP contribution in [0.5, 0.6) is 5.75 Å². The maximum Gasteiger partial charge on any atom is 0.225 e. The van der Waals surface area contributed by atoms with Crippen molar-refractivity contribution in [1.29, 1.82) is 0 Å². The molecule has 0 atom stereocenters. The molecule has 0 aliphatic rings. The number of para-hydroxylation sites is 1. The van der Waals surface area contributed by atoms with Crippen LogP contribution < -0.4 is 5.32 Å². The van der Waals surface area contributed by atoms with Crippen LogP contribution in [0.4, 0.5) is 0 Å². The zero-order valence-electron chi connectivity index (χ0n) is 17.1. The van der Waals surface area contributed by atoms with Crippen LogP contribution in [0.2, 0.25) is 0 Å². The summed E-state index contributed by atoms with van der Waals surface area (Å²) in [6.45, 7) is 3.94. The Bertz CT molecular complexity index is 1190. The quantitative estimate of drug-likeness (QED) is 0.487. The van der Waals surface area contributed by atoms with Gasteiger partial charge in [0.05, 0.1) is 17.5 Å². The van der Waals surface area contributed by atoms with E-state index in [-0.39, 0.29) is 18.1 Å². The number of hydrogen-bond acceptors (Lipinski definition) is 3. The van der Waals surface area contributed by atoms with E-state index >= 15 is 0 Å². The predicted molar refractivity (Wildman–Crippen MR) is 120 cm³/mol. The molecule has 150 valence electrons. The maximum absolute atomic E-state index is 13.0. The second-order valence-electron chi connectivity index (χ2n) is 7.89. The molecule has 4 aromatic rings. The molecule has 0 bridgehead atoms. The third kappa shape index (κ3) is 3.90. The number of rotatable bonds is 5. The summed E-state index contributed by atoms with van der Waals surface area (Å²) in [5, 5.41) is 14.9. The van der Waals surface area contributed by atoms with Gasteiger partial charge in [0.1, 0.15) is 11.4 Å². The van der Waals surface area contributed by atoms with Gasteiger partial charge in [0.2, 0.25) is 5.91 Å². The summed E-state index contributed by atoms with van der Waals surface area (Å²) in [6, 6.07) is 27.0. The molecule has 0 unspecified atom stereocenters. The highest BCUT2D eigenvalue weighted by Crippen LogP contribution is 2.35. The van der Waals surface area contributed by atoms with Crippen molar-refractivity contribution in [2.24, 2.45) is 0 Å². The molecule has 4 heteroatoms. The molecule has 0 aliphatic heterocycles. The van der Waals surface area contributed by atoms with E-state index in [1.165, 1.54) is 0 Å². The number of nitrogens with one attached hydrogen (secondary N) is 1. The highest BCUT2D eigenvalue weighted by atomic mass is 16.3. The van der Waals surface area contributed by atoms with Crippen molar-refractivity contribution in [3.8, 4) is 17.0 Å². The lowest BCUT2D eigenvalue weighted by Crippen LogP contribution is -2.41. The number of hydrogen-bond donors (Lipinski definition) is 2. The van der Waals surface area contributed by atoms with Gasteiger partial charge >= 0.3 is 0 Å². The molecule has 4 rings (SSSR count). The first-order valence-corrected chi connectivity index (χ1v) is 9.98. The number of carbonyl (C=O) groups is 1. The van der Waals surface area contributed by atoms with Gasteiger partial charge in [-0.1, -0.05) is 78.9 Å². The molecule has 2 N–H and O–H groups in total. The lowest BCUT2D eigenvalue weighted by atomic mass is 9.93. The minimum absolute atomic E-state index is 0.0487. The Morgan fingerprint density at radius 3 is 2.20 bits per heavy atom. The third-order valence-corrected chi connectivity index (χ3v) is 5.30. The van der Waals surface area contributed by atoms with E-state index in [2.05, 4.69) is 10.3 Å². The van der Waals surface area contributed by atoms with Crippen molar-refractivity contribution >= 4 is 16.8 Å². The van der Waals surface area contributed by atoms with Gasteiger partial charge in [-0.05, 0) is 25.5 Å². The molecule has 0 fully saturated rings. The fourth-order valence-electron chi connectivity index (χ4n) is 3.73. The fraction of sp³-hybridized carbons (Fsp3) is 0.154. The lowest BCUT2D eigenvalue weighted by Gasteiger charge is -2.27. The van der Waals surface area contributed by atoms with Gasteiger partial charge in [-0.15, -0.1) is 0 Å². The normalized spacial score (nSPS) is 11.4. The Morgan fingerprint density at radius 2 is 1.50 bits per heavy atom. The van der Waals surface area contributed by atoms with Crippen LogP contribution in [0.25, 0.3) is 22.2 Å². The minimum Gasteiger partial charge on any atom is -0.505 e. The van der Waals surface area contributed by atoms with Crippen molar-refractivity contribution < 1.29 is 9.90 Å². The first kappa shape index (κ1) is 19.6. The summed E-state index contributed by atoms with van der Waals surface area (Å²) in [5.41, 5.74) is 3.12. The topological polar surface area (TPSA) is 62.2 Å². The number of fused-ring (bicyclic) bond motifs is 1. The molecule has 0 aliphatic carbocycles. The molecule has 3 aromatic carbocycles. The summed E-state index contributed by atoms with van der Waals surface area (Å²) < 4.78 is 0. The third-order valence-electron chi connectivity index (χ3n) is 5.30. The van der Waals surface area contributed by atoms with Gasteiger partial charge in [-0.25, -0.2) is 4.98 Å². The second-order valence-corrected chi connectivity index (χ2v) is 7.89. The van der Waals surface area contributed by atoms with E-state index in [9.17, 15) is 9.90 Å². The molecule has 0 spiro atoms. The standard InChI is InChI=1S/C26H24N2O2/c1-26(2,19-13-7-4-8-14-19)28-23(29)17-21-20-15-9-10-16-22(20)27-24(25(21)30)18-11-5-3-6-12-18/h3-16,30H,17H2,1-2H3,(H,28,29). The van der Waals surface area contributed by atoms with Crippen molar-refractivity contribution in [1.82, 2.24) is 10.3 Å². The summed E-state index contributed by atoms with van der Waals surface area (Å²) in [5.74, 6) is -0.109. The summed E-state index contributed by atoms with van der Waals surface area (Å²) in [6.07, 6.45) is 0.0605. The van der Waals surface area contributed by atoms with E-state index in [1.54, 1.807) is 0 Å². The number of amides is 1. The molecule has 1 amide bonds. The zero-order valence-corrected chi connectivity index (χ0v) is 17.1. The maximum atomic E-state index is 13.0. The molecular weight excluding hydrogens is 372 g/mol. The van der Waals surface area contributed by atoms with Crippen LogP contribution in [-0.4, -0.2) is 16.0 Å². The Morgan fingerprint density at radius 1 is 0.900 bits per heavy atom. The number of aromatic hydroxyl groups is 1. The summed E-state index contributed by atoms with van der Waals surface area (Å²) in [4.78, 5) is 17.7. The average molecular weight is 396 g/mol. The van der Waals surface area contributed by atoms with Crippen molar-refractivity contribution in [2.45, 2.75) is 25.8 Å². The summed E-state index contributed by atoms with van der Waals surface area (Å²) in [7, 11) is 0. The molecule has 0 saturated heterocycles. The van der Waals surface area contributed by atoms with Crippen LogP contribution in [0, 0.1) is 0 Å². The van der Waals surface area contributed by atoms with E-state index in [0.717, 1.165) is 22.0 Å². The monoisotopic (exact) mass is 396 g/mol. The smallest absolute Gasteiger partial charge is 0.225 e. The molecule has 1 heterocycles. The minimum atomic E-state index is -0.529. The Kier molecular flexibility index (Phi) is 5.23. The average Bonchev–Trinajstić information content (AvgIpc) is 2.76. The number of carbonyl (C=O) groups excluding carboxylic acids is 1.